The smallest absolute Gasteiger partial charge is 0.265 e. The molecule has 3 aromatic rings. The SMILES string of the molecule is CC(N1CCCCC1NCc1ccc2c(c1)OCCO2)n1c(=O)cc(C(=O)NS(C)(=O)=O)c2ccccc21. The van der Waals surface area contributed by atoms with Crippen LogP contribution >= 0.6 is 0 Å². The van der Waals surface area contributed by atoms with Gasteiger partial charge in [0.15, 0.2) is 11.5 Å². The van der Waals surface area contributed by atoms with Crippen LogP contribution in [0.25, 0.3) is 10.9 Å². The number of carbonyl (C=O) groups excluding carboxylic acids is 1. The third-order valence-corrected chi connectivity index (χ3v) is 7.58. The number of rotatable bonds is 7. The van der Waals surface area contributed by atoms with E-state index >= 15 is 0 Å². The molecule has 0 aliphatic carbocycles. The maximum atomic E-state index is 13.4. The Kier molecular flexibility index (Phi) is 7.42. The average molecular weight is 541 g/mol. The first-order valence-corrected chi connectivity index (χ1v) is 14.6. The van der Waals surface area contributed by atoms with E-state index in [4.69, 9.17) is 9.47 Å². The number of piperidine rings is 1. The number of ether oxygens (including phenoxy) is 2. The summed E-state index contributed by atoms with van der Waals surface area (Å²) in [5, 5.41) is 4.16. The fourth-order valence-corrected chi connectivity index (χ4v) is 5.75. The minimum absolute atomic E-state index is 0.0332. The minimum atomic E-state index is -3.78. The lowest BCUT2D eigenvalue weighted by Gasteiger charge is -2.41. The number of benzene rings is 2. The zero-order chi connectivity index (χ0) is 26.9. The van der Waals surface area contributed by atoms with Crippen molar-refractivity contribution in [1.29, 1.82) is 0 Å². The number of nitrogens with one attached hydrogen (secondary N) is 2. The summed E-state index contributed by atoms with van der Waals surface area (Å²) in [7, 11) is -3.78. The molecule has 202 valence electrons. The summed E-state index contributed by atoms with van der Waals surface area (Å²) >= 11 is 0. The van der Waals surface area contributed by atoms with Gasteiger partial charge in [-0.2, -0.15) is 0 Å². The van der Waals surface area contributed by atoms with E-state index in [-0.39, 0.29) is 23.5 Å². The van der Waals surface area contributed by atoms with E-state index in [1.54, 1.807) is 28.8 Å². The Morgan fingerprint density at radius 3 is 2.63 bits per heavy atom. The Labute approximate surface area is 221 Å². The number of likely N-dealkylation sites (tertiary alicyclic amines) is 1. The van der Waals surface area contributed by atoms with Gasteiger partial charge in [0.2, 0.25) is 10.0 Å². The number of amides is 1. The zero-order valence-electron chi connectivity index (χ0n) is 21.5. The molecule has 0 radical (unpaired) electrons. The van der Waals surface area contributed by atoms with Gasteiger partial charge in [0, 0.05) is 24.5 Å². The van der Waals surface area contributed by atoms with Crippen molar-refractivity contribution in [3.8, 4) is 11.5 Å². The van der Waals surface area contributed by atoms with Crippen LogP contribution in [0, 0.1) is 0 Å². The predicted octanol–water partition coefficient (Wildman–Crippen LogP) is 2.58. The van der Waals surface area contributed by atoms with Gasteiger partial charge in [0.05, 0.1) is 29.7 Å². The lowest BCUT2D eigenvalue weighted by atomic mass is 10.1. The van der Waals surface area contributed by atoms with Crippen LogP contribution < -0.4 is 25.1 Å². The number of hydrogen-bond acceptors (Lipinski definition) is 8. The van der Waals surface area contributed by atoms with E-state index < -0.39 is 15.9 Å². The summed E-state index contributed by atoms with van der Waals surface area (Å²) in [6, 6.07) is 14.2. The third-order valence-electron chi connectivity index (χ3n) is 7.03. The van der Waals surface area contributed by atoms with Crippen LogP contribution in [0.2, 0.25) is 0 Å². The van der Waals surface area contributed by atoms with Crippen molar-refractivity contribution in [3.05, 3.63) is 70.0 Å². The molecule has 0 saturated carbocycles. The van der Waals surface area contributed by atoms with Crippen LogP contribution in [0.3, 0.4) is 0 Å². The van der Waals surface area contributed by atoms with Gasteiger partial charge < -0.3 is 9.47 Å². The normalized spacial score (nSPS) is 18.7. The Bertz CT molecular complexity index is 1520. The maximum absolute atomic E-state index is 13.4. The molecule has 5 rings (SSSR count). The van der Waals surface area contributed by atoms with E-state index in [1.165, 1.54) is 6.07 Å². The van der Waals surface area contributed by atoms with Crippen molar-refractivity contribution in [2.75, 3.05) is 26.0 Å². The van der Waals surface area contributed by atoms with Crippen LogP contribution in [0.15, 0.2) is 53.3 Å². The number of carbonyl (C=O) groups is 1. The lowest BCUT2D eigenvalue weighted by Crippen LogP contribution is -2.51. The second kappa shape index (κ2) is 10.8. The molecule has 2 unspecified atom stereocenters. The zero-order valence-corrected chi connectivity index (χ0v) is 22.3. The van der Waals surface area contributed by atoms with Gasteiger partial charge in [-0.1, -0.05) is 24.3 Å². The van der Waals surface area contributed by atoms with Crippen LogP contribution in [0.4, 0.5) is 0 Å². The molecule has 2 atom stereocenters. The van der Waals surface area contributed by atoms with Crippen molar-refractivity contribution in [2.45, 2.75) is 45.1 Å². The standard InChI is InChI=1S/C27H32N4O6S/c1-18(31-22-8-4-3-7-20(22)21(16-26(31)32)27(33)29-38(2,34)35)30-12-6-5-9-25(30)28-17-19-10-11-23-24(15-19)37-14-13-36-23/h3-4,7-8,10-11,15-16,18,25,28H,5-6,9,12-14,17H2,1-2H3,(H,29,33). The molecule has 2 aliphatic rings. The summed E-state index contributed by atoms with van der Waals surface area (Å²) in [6.07, 6.45) is 3.64. The van der Waals surface area contributed by atoms with Gasteiger partial charge in [-0.25, -0.2) is 13.1 Å². The first kappa shape index (κ1) is 26.2. The van der Waals surface area contributed by atoms with Gasteiger partial charge in [-0.3, -0.25) is 24.4 Å². The summed E-state index contributed by atoms with van der Waals surface area (Å²) in [5.74, 6) is 0.688. The number of fused-ring (bicyclic) bond motifs is 2. The Hall–Kier alpha value is -3.41. The molecular formula is C27H32N4O6S. The molecule has 1 aromatic heterocycles. The second-order valence-corrected chi connectivity index (χ2v) is 11.5. The van der Waals surface area contributed by atoms with Crippen molar-refractivity contribution in [1.82, 2.24) is 19.5 Å². The van der Waals surface area contributed by atoms with Gasteiger partial charge in [-0.15, -0.1) is 0 Å². The molecule has 2 N–H and O–H groups in total. The fraction of sp³-hybridized carbons (Fsp3) is 0.407. The van der Waals surface area contributed by atoms with Gasteiger partial charge in [0.25, 0.3) is 11.5 Å². The number of para-hydroxylation sites is 1. The first-order valence-electron chi connectivity index (χ1n) is 12.8. The van der Waals surface area contributed by atoms with Crippen LogP contribution in [0.5, 0.6) is 11.5 Å². The number of nitrogens with zero attached hydrogens (tertiary/aromatic N) is 2. The number of sulfonamides is 1. The summed E-state index contributed by atoms with van der Waals surface area (Å²) in [6.45, 7) is 4.50. The predicted molar refractivity (Wildman–Crippen MR) is 144 cm³/mol. The molecule has 38 heavy (non-hydrogen) atoms. The number of pyridine rings is 1. The lowest BCUT2D eigenvalue weighted by molar-refractivity contribution is 0.0462. The fourth-order valence-electron chi connectivity index (χ4n) is 5.30. The molecule has 11 heteroatoms. The Morgan fingerprint density at radius 1 is 1.08 bits per heavy atom. The van der Waals surface area contributed by atoms with Crippen LogP contribution in [0.1, 0.15) is 48.3 Å². The topological polar surface area (TPSA) is 119 Å². The summed E-state index contributed by atoms with van der Waals surface area (Å²) < 4.78 is 38.3. The van der Waals surface area contributed by atoms with E-state index in [1.807, 2.05) is 29.8 Å². The molecular weight excluding hydrogens is 508 g/mol. The van der Waals surface area contributed by atoms with Crippen molar-refractivity contribution >= 4 is 26.8 Å². The van der Waals surface area contributed by atoms with E-state index in [2.05, 4.69) is 10.2 Å². The largest absolute Gasteiger partial charge is 0.486 e. The molecule has 0 spiro atoms. The minimum Gasteiger partial charge on any atom is -0.486 e. The van der Waals surface area contributed by atoms with Gasteiger partial charge in [0.1, 0.15) is 13.2 Å². The number of hydrogen-bond donors (Lipinski definition) is 2. The van der Waals surface area contributed by atoms with E-state index in [0.717, 1.165) is 49.1 Å². The van der Waals surface area contributed by atoms with Gasteiger partial charge in [-0.05, 0) is 49.9 Å². The number of aromatic nitrogens is 1. The Morgan fingerprint density at radius 2 is 1.84 bits per heavy atom. The molecule has 1 amide bonds. The molecule has 2 aliphatic heterocycles. The molecule has 2 aromatic carbocycles. The summed E-state index contributed by atoms with van der Waals surface area (Å²) in [4.78, 5) is 28.4. The van der Waals surface area contributed by atoms with Crippen LogP contribution in [-0.4, -0.2) is 56.0 Å². The summed E-state index contributed by atoms with van der Waals surface area (Å²) in [5.41, 5.74) is 1.32. The average Bonchev–Trinajstić information content (AvgIpc) is 2.90. The molecule has 1 fully saturated rings. The highest BCUT2D eigenvalue weighted by atomic mass is 32.2. The van der Waals surface area contributed by atoms with Crippen LogP contribution in [-0.2, 0) is 16.6 Å². The highest BCUT2D eigenvalue weighted by Gasteiger charge is 2.29. The maximum Gasteiger partial charge on any atom is 0.265 e. The molecule has 3 heterocycles. The van der Waals surface area contributed by atoms with Crippen molar-refractivity contribution in [3.63, 3.8) is 0 Å². The van der Waals surface area contributed by atoms with Crippen molar-refractivity contribution < 1.29 is 22.7 Å². The Balaban J connectivity index is 1.42. The molecule has 1 saturated heterocycles. The van der Waals surface area contributed by atoms with E-state index in [9.17, 15) is 18.0 Å². The highest BCUT2D eigenvalue weighted by molar-refractivity contribution is 7.89. The third kappa shape index (κ3) is 5.54. The van der Waals surface area contributed by atoms with E-state index in [0.29, 0.717) is 30.7 Å². The molecule has 0 bridgehead atoms. The van der Waals surface area contributed by atoms with Gasteiger partial charge >= 0.3 is 0 Å². The first-order chi connectivity index (χ1) is 18.2. The van der Waals surface area contributed by atoms with Crippen molar-refractivity contribution in [2.24, 2.45) is 0 Å². The molecule has 10 nitrogen and oxygen atoms in total. The highest BCUT2D eigenvalue weighted by Crippen LogP contribution is 2.31. The second-order valence-electron chi connectivity index (χ2n) is 9.73. The monoisotopic (exact) mass is 540 g/mol. The quantitative estimate of drug-likeness (QED) is 0.470.